The van der Waals surface area contributed by atoms with E-state index in [1.54, 1.807) is 12.1 Å². The number of sulfonamides is 1. The number of carbonyl (C=O) groups is 1. The quantitative estimate of drug-likeness (QED) is 0.640. The van der Waals surface area contributed by atoms with E-state index in [2.05, 4.69) is 41.9 Å². The average Bonchev–Trinajstić information content (AvgIpc) is 2.52. The van der Waals surface area contributed by atoms with Gasteiger partial charge in [0.2, 0.25) is 15.9 Å². The molecular formula is C17H18Br2N2O3S. The number of nitrogens with one attached hydrogen (secondary N) is 2. The Morgan fingerprint density at radius 2 is 1.80 bits per heavy atom. The number of anilines is 1. The molecular weight excluding hydrogens is 472 g/mol. The molecule has 0 heterocycles. The highest BCUT2D eigenvalue weighted by atomic mass is 79.9. The van der Waals surface area contributed by atoms with Gasteiger partial charge in [-0.3, -0.25) is 4.79 Å². The van der Waals surface area contributed by atoms with Crippen molar-refractivity contribution in [3.05, 3.63) is 56.5 Å². The SMILES string of the molecule is Cc1ccc(NC(=O)CCNS(=O)(=O)c2cc(Br)ccc2Br)c(C)c1. The number of hydrogen-bond donors (Lipinski definition) is 2. The van der Waals surface area contributed by atoms with Crippen molar-refractivity contribution in [2.75, 3.05) is 11.9 Å². The highest BCUT2D eigenvalue weighted by Crippen LogP contribution is 2.25. The molecule has 0 unspecified atom stereocenters. The van der Waals surface area contributed by atoms with Crippen molar-refractivity contribution in [3.8, 4) is 0 Å². The first-order chi connectivity index (χ1) is 11.7. The van der Waals surface area contributed by atoms with E-state index in [0.29, 0.717) is 8.95 Å². The molecule has 0 aliphatic carbocycles. The number of benzene rings is 2. The molecule has 0 bridgehead atoms. The Bertz CT molecular complexity index is 899. The monoisotopic (exact) mass is 488 g/mol. The topological polar surface area (TPSA) is 75.3 Å². The third-order valence-electron chi connectivity index (χ3n) is 3.48. The Kier molecular flexibility index (Phi) is 6.79. The van der Waals surface area contributed by atoms with Crippen molar-refractivity contribution in [1.82, 2.24) is 4.72 Å². The number of rotatable bonds is 6. The van der Waals surface area contributed by atoms with Crippen molar-refractivity contribution < 1.29 is 13.2 Å². The van der Waals surface area contributed by atoms with Gasteiger partial charge in [-0.1, -0.05) is 33.6 Å². The lowest BCUT2D eigenvalue weighted by Crippen LogP contribution is -2.28. The van der Waals surface area contributed by atoms with Gasteiger partial charge >= 0.3 is 0 Å². The van der Waals surface area contributed by atoms with Crippen LogP contribution >= 0.6 is 31.9 Å². The summed E-state index contributed by atoms with van der Waals surface area (Å²) in [7, 11) is -3.70. The van der Waals surface area contributed by atoms with Gasteiger partial charge in [0.15, 0.2) is 0 Å². The maximum absolute atomic E-state index is 12.3. The van der Waals surface area contributed by atoms with E-state index in [0.717, 1.165) is 16.8 Å². The van der Waals surface area contributed by atoms with Crippen LogP contribution in [0.1, 0.15) is 17.5 Å². The summed E-state index contributed by atoms with van der Waals surface area (Å²) in [5, 5.41) is 2.79. The molecule has 0 saturated carbocycles. The van der Waals surface area contributed by atoms with Crippen molar-refractivity contribution in [1.29, 1.82) is 0 Å². The summed E-state index contributed by atoms with van der Waals surface area (Å²) in [5.74, 6) is -0.247. The van der Waals surface area contributed by atoms with Crippen LogP contribution in [0.25, 0.3) is 0 Å². The van der Waals surface area contributed by atoms with E-state index in [9.17, 15) is 13.2 Å². The molecule has 0 aromatic heterocycles. The minimum atomic E-state index is -3.70. The van der Waals surface area contributed by atoms with Crippen LogP contribution in [0.15, 0.2) is 50.2 Å². The second-order valence-corrected chi connectivity index (χ2v) is 9.09. The van der Waals surface area contributed by atoms with Gasteiger partial charge in [-0.25, -0.2) is 13.1 Å². The molecule has 0 saturated heterocycles. The number of hydrogen-bond acceptors (Lipinski definition) is 3. The summed E-state index contributed by atoms with van der Waals surface area (Å²) < 4.78 is 28.2. The van der Waals surface area contributed by atoms with Gasteiger partial charge in [0.1, 0.15) is 0 Å². The van der Waals surface area contributed by atoms with Crippen molar-refractivity contribution >= 4 is 53.5 Å². The van der Waals surface area contributed by atoms with Crippen molar-refractivity contribution in [2.24, 2.45) is 0 Å². The Balaban J connectivity index is 1.95. The summed E-state index contributed by atoms with van der Waals surface area (Å²) in [6.07, 6.45) is 0.0398. The molecule has 2 aromatic rings. The second kappa shape index (κ2) is 8.44. The largest absolute Gasteiger partial charge is 0.326 e. The molecule has 0 spiro atoms. The fourth-order valence-corrected chi connectivity index (χ4v) is 4.76. The first-order valence-corrected chi connectivity index (χ1v) is 10.6. The van der Waals surface area contributed by atoms with Gasteiger partial charge in [0, 0.05) is 27.6 Å². The predicted octanol–water partition coefficient (Wildman–Crippen LogP) is 4.14. The van der Waals surface area contributed by atoms with Gasteiger partial charge in [0.05, 0.1) is 4.90 Å². The minimum Gasteiger partial charge on any atom is -0.326 e. The van der Waals surface area contributed by atoms with E-state index >= 15 is 0 Å². The maximum Gasteiger partial charge on any atom is 0.241 e. The van der Waals surface area contributed by atoms with E-state index in [1.165, 1.54) is 6.07 Å². The van der Waals surface area contributed by atoms with E-state index in [4.69, 9.17) is 0 Å². The Labute approximate surface area is 164 Å². The molecule has 134 valence electrons. The maximum atomic E-state index is 12.3. The molecule has 2 rings (SSSR count). The van der Waals surface area contributed by atoms with Crippen molar-refractivity contribution in [3.63, 3.8) is 0 Å². The molecule has 1 amide bonds. The summed E-state index contributed by atoms with van der Waals surface area (Å²) in [6, 6.07) is 10.6. The number of aryl methyl sites for hydroxylation is 2. The molecule has 2 aromatic carbocycles. The van der Waals surface area contributed by atoms with E-state index in [1.807, 2.05) is 32.0 Å². The Morgan fingerprint density at radius 1 is 1.08 bits per heavy atom. The van der Waals surface area contributed by atoms with Crippen LogP contribution in [0.5, 0.6) is 0 Å². The minimum absolute atomic E-state index is 0.0119. The standard InChI is InChI=1S/C17H18Br2N2O3S/c1-11-3-6-15(12(2)9-11)21-17(22)7-8-20-25(23,24)16-10-13(18)4-5-14(16)19/h3-6,9-10,20H,7-8H2,1-2H3,(H,21,22). The first-order valence-electron chi connectivity index (χ1n) is 7.51. The van der Waals surface area contributed by atoms with Gasteiger partial charge in [0.25, 0.3) is 0 Å². The molecule has 0 fully saturated rings. The molecule has 8 heteroatoms. The summed E-state index contributed by atoms with van der Waals surface area (Å²) in [4.78, 5) is 12.2. The number of carbonyl (C=O) groups excluding carboxylic acids is 1. The Morgan fingerprint density at radius 3 is 2.48 bits per heavy atom. The van der Waals surface area contributed by atoms with Crippen LogP contribution in [0, 0.1) is 13.8 Å². The first kappa shape index (κ1) is 20.1. The molecule has 0 radical (unpaired) electrons. The zero-order valence-electron chi connectivity index (χ0n) is 13.8. The Hall–Kier alpha value is -1.22. The second-order valence-electron chi connectivity index (χ2n) is 5.59. The predicted molar refractivity (Wildman–Crippen MR) is 106 cm³/mol. The molecule has 25 heavy (non-hydrogen) atoms. The lowest BCUT2D eigenvalue weighted by molar-refractivity contribution is -0.116. The third kappa shape index (κ3) is 5.64. The van der Waals surface area contributed by atoms with Gasteiger partial charge in [-0.2, -0.15) is 0 Å². The fraction of sp³-hybridized carbons (Fsp3) is 0.235. The molecule has 0 aliphatic rings. The van der Waals surface area contributed by atoms with Gasteiger partial charge in [-0.15, -0.1) is 0 Å². The van der Waals surface area contributed by atoms with Gasteiger partial charge < -0.3 is 5.32 Å². The molecule has 5 nitrogen and oxygen atoms in total. The zero-order chi connectivity index (χ0) is 18.6. The number of amides is 1. The highest BCUT2D eigenvalue weighted by Gasteiger charge is 2.18. The molecule has 2 N–H and O–H groups in total. The lowest BCUT2D eigenvalue weighted by Gasteiger charge is -2.11. The summed E-state index contributed by atoms with van der Waals surface area (Å²) >= 11 is 6.48. The summed E-state index contributed by atoms with van der Waals surface area (Å²) in [5.41, 5.74) is 2.81. The van der Waals surface area contributed by atoms with Crippen LogP contribution in [0.2, 0.25) is 0 Å². The lowest BCUT2D eigenvalue weighted by atomic mass is 10.1. The van der Waals surface area contributed by atoms with Crippen molar-refractivity contribution in [2.45, 2.75) is 25.2 Å². The van der Waals surface area contributed by atoms with Crippen LogP contribution in [-0.2, 0) is 14.8 Å². The highest BCUT2D eigenvalue weighted by molar-refractivity contribution is 9.11. The fourth-order valence-electron chi connectivity index (χ4n) is 2.23. The van der Waals surface area contributed by atoms with E-state index in [-0.39, 0.29) is 23.8 Å². The zero-order valence-corrected chi connectivity index (χ0v) is 17.8. The van der Waals surface area contributed by atoms with Crippen LogP contribution < -0.4 is 10.0 Å². The van der Waals surface area contributed by atoms with Gasteiger partial charge in [-0.05, 0) is 59.6 Å². The molecule has 0 aliphatic heterocycles. The van der Waals surface area contributed by atoms with Crippen LogP contribution in [-0.4, -0.2) is 20.9 Å². The third-order valence-corrected chi connectivity index (χ3v) is 6.43. The van der Waals surface area contributed by atoms with Crippen LogP contribution in [0.4, 0.5) is 5.69 Å². The average molecular weight is 490 g/mol. The smallest absolute Gasteiger partial charge is 0.241 e. The normalized spacial score (nSPS) is 11.4. The molecule has 0 atom stereocenters. The van der Waals surface area contributed by atoms with Crippen LogP contribution in [0.3, 0.4) is 0 Å². The number of halogens is 2. The van der Waals surface area contributed by atoms with E-state index < -0.39 is 10.0 Å². The summed E-state index contributed by atoms with van der Waals surface area (Å²) in [6.45, 7) is 3.90.